The van der Waals surface area contributed by atoms with Crippen LogP contribution in [0.4, 0.5) is 0 Å². The van der Waals surface area contributed by atoms with E-state index in [0.717, 1.165) is 43.3 Å². The third-order valence-electron chi connectivity index (χ3n) is 4.96. The van der Waals surface area contributed by atoms with Crippen molar-refractivity contribution in [2.24, 2.45) is 11.8 Å². The lowest BCUT2D eigenvalue weighted by molar-refractivity contribution is -0.154. The van der Waals surface area contributed by atoms with Gasteiger partial charge in [-0.1, -0.05) is 37.1 Å². The number of hydrogen-bond donors (Lipinski definition) is 0. The minimum absolute atomic E-state index is 0.0746. The Bertz CT molecular complexity index is 570. The number of ether oxygens (including phenoxy) is 2. The predicted molar refractivity (Wildman–Crippen MR) is 88.4 cm³/mol. The second kappa shape index (κ2) is 7.16. The van der Waals surface area contributed by atoms with Gasteiger partial charge in [-0.15, -0.1) is 0 Å². The average Bonchev–Trinajstić information content (AvgIpc) is 2.74. The van der Waals surface area contributed by atoms with Crippen molar-refractivity contribution in [3.05, 3.63) is 35.6 Å². The van der Waals surface area contributed by atoms with Crippen LogP contribution in [0.25, 0.3) is 0 Å². The average molecular weight is 318 g/mol. The van der Waals surface area contributed by atoms with Gasteiger partial charge in [0.1, 0.15) is 6.10 Å². The summed E-state index contributed by atoms with van der Waals surface area (Å²) in [6.07, 6.45) is 4.33. The molecule has 1 saturated carbocycles. The van der Waals surface area contributed by atoms with Crippen LogP contribution in [0.1, 0.15) is 52.9 Å². The van der Waals surface area contributed by atoms with Crippen LogP contribution in [0.2, 0.25) is 0 Å². The molecule has 0 aromatic rings. The van der Waals surface area contributed by atoms with E-state index in [2.05, 4.69) is 13.2 Å². The molecule has 0 N–H and O–H groups in total. The minimum atomic E-state index is -0.540. The Morgan fingerprint density at radius 2 is 1.96 bits per heavy atom. The highest BCUT2D eigenvalue weighted by Crippen LogP contribution is 2.37. The van der Waals surface area contributed by atoms with E-state index in [1.807, 2.05) is 6.92 Å². The number of hydrogen-bond acceptors (Lipinski definition) is 4. The molecule has 3 atom stereocenters. The molecule has 1 heterocycles. The molecule has 2 aliphatic rings. The van der Waals surface area contributed by atoms with Crippen molar-refractivity contribution >= 4 is 11.9 Å². The number of carbonyl (C=O) groups is 2. The van der Waals surface area contributed by atoms with Gasteiger partial charge < -0.3 is 9.47 Å². The zero-order chi connectivity index (χ0) is 17.1. The van der Waals surface area contributed by atoms with E-state index >= 15 is 0 Å². The Kier molecular flexibility index (Phi) is 5.45. The molecule has 0 spiro atoms. The molecule has 4 nitrogen and oxygen atoms in total. The molecular weight excluding hydrogens is 292 g/mol. The van der Waals surface area contributed by atoms with Crippen molar-refractivity contribution in [1.29, 1.82) is 0 Å². The quantitative estimate of drug-likeness (QED) is 0.566. The van der Waals surface area contributed by atoms with Crippen molar-refractivity contribution in [2.45, 2.75) is 59.0 Å². The molecule has 0 radical (unpaired) electrons. The zero-order valence-electron chi connectivity index (χ0n) is 14.3. The smallest absolute Gasteiger partial charge is 0.375 e. The molecule has 2 rings (SSSR count). The predicted octanol–water partition coefficient (Wildman–Crippen LogP) is 4.08. The molecule has 0 amide bonds. The first-order chi connectivity index (χ1) is 10.8. The Morgan fingerprint density at radius 3 is 2.52 bits per heavy atom. The number of esters is 2. The highest BCUT2D eigenvalue weighted by Gasteiger charge is 2.37. The molecule has 4 heteroatoms. The van der Waals surface area contributed by atoms with Gasteiger partial charge in [0.05, 0.1) is 5.92 Å². The molecule has 1 fully saturated rings. The summed E-state index contributed by atoms with van der Waals surface area (Å²) in [6.45, 7) is 13.4. The first-order valence-corrected chi connectivity index (χ1v) is 8.28. The molecular formula is C19H26O4. The molecule has 0 bridgehead atoms. The minimum Gasteiger partial charge on any atom is -0.452 e. The number of allylic oxidation sites excluding steroid dienone is 2. The molecule has 0 aromatic heterocycles. The van der Waals surface area contributed by atoms with Crippen LogP contribution >= 0.6 is 0 Å². The van der Waals surface area contributed by atoms with Gasteiger partial charge in [0, 0.05) is 5.57 Å². The van der Waals surface area contributed by atoms with Crippen LogP contribution in [0.15, 0.2) is 35.6 Å². The van der Waals surface area contributed by atoms with Gasteiger partial charge in [0.15, 0.2) is 0 Å². The standard InChI is InChI=1S/C19H26O4/c1-11(2)12(3)10-15-8-6-7-9-16(15)18(20)23-17-13(4)14(5)22-19(17)21/h14-16H,1,3,6-10H2,2,4-5H3. The second-order valence-corrected chi connectivity index (χ2v) is 6.72. The third kappa shape index (κ3) is 3.92. The van der Waals surface area contributed by atoms with E-state index in [9.17, 15) is 9.59 Å². The maximum atomic E-state index is 12.6. The van der Waals surface area contributed by atoms with Crippen molar-refractivity contribution < 1.29 is 19.1 Å². The van der Waals surface area contributed by atoms with Gasteiger partial charge in [-0.2, -0.15) is 0 Å². The van der Waals surface area contributed by atoms with Crippen molar-refractivity contribution in [3.8, 4) is 0 Å². The van der Waals surface area contributed by atoms with Gasteiger partial charge in [-0.05, 0) is 46.0 Å². The highest BCUT2D eigenvalue weighted by atomic mass is 16.6. The van der Waals surface area contributed by atoms with Gasteiger partial charge in [0.2, 0.25) is 5.76 Å². The van der Waals surface area contributed by atoms with Crippen LogP contribution in [-0.4, -0.2) is 18.0 Å². The largest absolute Gasteiger partial charge is 0.452 e. The maximum absolute atomic E-state index is 12.6. The van der Waals surface area contributed by atoms with Crippen LogP contribution in [-0.2, 0) is 19.1 Å². The molecule has 126 valence electrons. The lowest BCUT2D eigenvalue weighted by atomic mass is 9.75. The summed E-state index contributed by atoms with van der Waals surface area (Å²) in [4.78, 5) is 24.4. The molecule has 23 heavy (non-hydrogen) atoms. The van der Waals surface area contributed by atoms with Crippen LogP contribution in [0.3, 0.4) is 0 Å². The van der Waals surface area contributed by atoms with E-state index in [1.54, 1.807) is 13.8 Å². The van der Waals surface area contributed by atoms with Crippen LogP contribution < -0.4 is 0 Å². The van der Waals surface area contributed by atoms with E-state index in [4.69, 9.17) is 9.47 Å². The van der Waals surface area contributed by atoms with E-state index in [0.29, 0.717) is 5.57 Å². The van der Waals surface area contributed by atoms with Crippen LogP contribution in [0, 0.1) is 11.8 Å². The van der Waals surface area contributed by atoms with Crippen molar-refractivity contribution in [3.63, 3.8) is 0 Å². The molecule has 0 aromatic carbocycles. The van der Waals surface area contributed by atoms with Crippen molar-refractivity contribution in [1.82, 2.24) is 0 Å². The second-order valence-electron chi connectivity index (χ2n) is 6.72. The van der Waals surface area contributed by atoms with Gasteiger partial charge in [-0.25, -0.2) is 4.79 Å². The lowest BCUT2D eigenvalue weighted by Gasteiger charge is -2.30. The SMILES string of the molecule is C=C(C)C(=C)CC1CCCCC1C(=O)OC1=C(C)C(C)OC1=O. The lowest BCUT2D eigenvalue weighted by Crippen LogP contribution is -2.29. The Labute approximate surface area is 138 Å². The van der Waals surface area contributed by atoms with E-state index < -0.39 is 5.97 Å². The Balaban J connectivity index is 2.08. The summed E-state index contributed by atoms with van der Waals surface area (Å²) in [5.74, 6) is -0.766. The number of cyclic esters (lactones) is 1. The van der Waals surface area contributed by atoms with Gasteiger partial charge in [-0.3, -0.25) is 4.79 Å². The summed E-state index contributed by atoms with van der Waals surface area (Å²) >= 11 is 0. The number of rotatable bonds is 5. The van der Waals surface area contributed by atoms with Crippen LogP contribution in [0.5, 0.6) is 0 Å². The first-order valence-electron chi connectivity index (χ1n) is 8.28. The molecule has 1 aliphatic heterocycles. The summed E-state index contributed by atoms with van der Waals surface area (Å²) in [6, 6.07) is 0. The Hall–Kier alpha value is -1.84. The fraction of sp³-hybridized carbons (Fsp3) is 0.579. The molecule has 1 aliphatic carbocycles. The summed E-state index contributed by atoms with van der Waals surface area (Å²) < 4.78 is 10.5. The third-order valence-corrected chi connectivity index (χ3v) is 4.96. The zero-order valence-corrected chi connectivity index (χ0v) is 14.3. The fourth-order valence-electron chi connectivity index (χ4n) is 3.20. The summed E-state index contributed by atoms with van der Waals surface area (Å²) in [5, 5.41) is 0. The highest BCUT2D eigenvalue weighted by molar-refractivity contribution is 5.93. The van der Waals surface area contributed by atoms with Gasteiger partial charge in [0.25, 0.3) is 0 Å². The van der Waals surface area contributed by atoms with Gasteiger partial charge >= 0.3 is 11.9 Å². The Morgan fingerprint density at radius 1 is 1.30 bits per heavy atom. The molecule has 3 unspecified atom stereocenters. The molecule has 0 saturated heterocycles. The van der Waals surface area contributed by atoms with E-state index in [-0.39, 0.29) is 29.7 Å². The summed E-state index contributed by atoms with van der Waals surface area (Å²) in [7, 11) is 0. The fourth-order valence-corrected chi connectivity index (χ4v) is 3.20. The maximum Gasteiger partial charge on any atom is 0.375 e. The topological polar surface area (TPSA) is 52.6 Å². The van der Waals surface area contributed by atoms with Crippen molar-refractivity contribution in [2.75, 3.05) is 0 Å². The summed E-state index contributed by atoms with van der Waals surface area (Å²) in [5.41, 5.74) is 2.62. The first kappa shape index (κ1) is 17.5. The normalized spacial score (nSPS) is 27.6. The monoisotopic (exact) mass is 318 g/mol. The van der Waals surface area contributed by atoms with E-state index in [1.165, 1.54) is 0 Å². The number of carbonyl (C=O) groups excluding carboxylic acids is 2.